The summed E-state index contributed by atoms with van der Waals surface area (Å²) in [6, 6.07) is 0. The maximum Gasteiger partial charge on any atom is 0.0388 e. The van der Waals surface area contributed by atoms with Crippen molar-refractivity contribution in [1.29, 1.82) is 0 Å². The lowest BCUT2D eigenvalue weighted by atomic mass is 10.2. The molecule has 0 bridgehead atoms. The van der Waals surface area contributed by atoms with E-state index in [2.05, 4.69) is 149 Å². The molecule has 0 unspecified atom stereocenters. The Labute approximate surface area is 217 Å². The van der Waals surface area contributed by atoms with Crippen molar-refractivity contribution in [1.82, 2.24) is 0 Å². The summed E-state index contributed by atoms with van der Waals surface area (Å²) in [6.45, 7) is 62.3. The third kappa shape index (κ3) is 3.43. The molecule has 1 heterocycles. The summed E-state index contributed by atoms with van der Waals surface area (Å²) in [6.07, 6.45) is -3.00. The number of hydrogen-bond acceptors (Lipinski definition) is 0. The average Bonchev–Trinajstić information content (AvgIpc) is 2.97. The zero-order valence-electron chi connectivity index (χ0n) is 27.5. The first kappa shape index (κ1) is 32.5. The quantitative estimate of drug-likeness (QED) is 0.293. The number of hydrogen-bond donors (Lipinski definition) is 0. The van der Waals surface area contributed by atoms with Gasteiger partial charge in [0.1, 0.15) is 0 Å². The van der Waals surface area contributed by atoms with E-state index in [1.165, 1.54) is 0 Å². The lowest BCUT2D eigenvalue weighted by molar-refractivity contribution is 0.724. The molecule has 0 nitrogen and oxygen atoms in total. The molecule has 0 aromatic heterocycles. The predicted molar refractivity (Wildman–Crippen MR) is 178 cm³/mol. The normalized spacial score (nSPS) is 22.4. The molecule has 7 heteroatoms. The summed E-state index contributed by atoms with van der Waals surface area (Å²) in [7, 11) is -7.46. The van der Waals surface area contributed by atoms with Crippen molar-refractivity contribution in [3.8, 4) is 0 Å². The van der Waals surface area contributed by atoms with Crippen LogP contribution < -0.4 is 0 Å². The van der Waals surface area contributed by atoms with Gasteiger partial charge in [0.2, 0.25) is 0 Å². The fourth-order valence-corrected chi connectivity index (χ4v) is 484. The molecule has 0 radical (unpaired) electrons. The van der Waals surface area contributed by atoms with Crippen LogP contribution in [0.4, 0.5) is 0 Å². The molecule has 0 saturated carbocycles. The molecule has 0 amide bonds. The van der Waals surface area contributed by atoms with E-state index in [-0.39, 0.29) is 0 Å². The second kappa shape index (κ2) is 7.77. The number of rotatable bonds is 4. The molecule has 1 aliphatic rings. The Bertz CT molecular complexity index is 644. The maximum atomic E-state index is 3.06. The molecule has 0 spiro atoms. The Morgan fingerprint density at radius 2 is 0.455 bits per heavy atom. The Balaban J connectivity index is 4.66. The first-order valence-corrected chi connectivity index (χ1v) is 39.8. The zero-order valence-corrected chi connectivity index (χ0v) is 34.5. The van der Waals surface area contributed by atoms with Crippen LogP contribution in [0.15, 0.2) is 0 Å². The van der Waals surface area contributed by atoms with Gasteiger partial charge in [0, 0.05) is 49.8 Å². The highest BCUT2D eigenvalue weighted by molar-refractivity contribution is 8.50. The molecule has 33 heavy (non-hydrogen) atoms. The van der Waals surface area contributed by atoms with Crippen LogP contribution in [-0.4, -0.2) is 49.8 Å². The summed E-state index contributed by atoms with van der Waals surface area (Å²) >= 11 is 0. The van der Waals surface area contributed by atoms with Crippen LogP contribution in [0, 0.1) is 0 Å². The molecule has 198 valence electrons. The second-order valence-electron chi connectivity index (χ2n) is 18.6. The maximum absolute atomic E-state index is 3.06. The monoisotopic (exact) mass is 574 g/mol. The minimum absolute atomic E-state index is 0.512. The van der Waals surface area contributed by atoms with E-state index in [4.69, 9.17) is 0 Å². The van der Waals surface area contributed by atoms with Gasteiger partial charge < -0.3 is 0 Å². The van der Waals surface area contributed by atoms with Gasteiger partial charge in [0.05, 0.1) is 0 Å². The van der Waals surface area contributed by atoms with E-state index >= 15 is 0 Å². The van der Waals surface area contributed by atoms with E-state index in [1.807, 2.05) is 0 Å². The van der Waals surface area contributed by atoms with Gasteiger partial charge in [-0.05, 0) is 20.2 Å². The van der Waals surface area contributed by atoms with Crippen molar-refractivity contribution in [2.75, 3.05) is 0 Å². The molecule has 0 aromatic carbocycles. The van der Waals surface area contributed by atoms with Crippen molar-refractivity contribution in [3.05, 3.63) is 0 Å². The molecule has 0 atom stereocenters. The average molecular weight is 575 g/mol. The Kier molecular flexibility index (Phi) is 7.67. The van der Waals surface area contributed by atoms with Crippen LogP contribution in [-0.2, 0) is 0 Å². The van der Waals surface area contributed by atoms with E-state index in [9.17, 15) is 0 Å². The molecular formula is C26H66Si7. The zero-order chi connectivity index (χ0) is 27.5. The van der Waals surface area contributed by atoms with Crippen LogP contribution >= 0.6 is 0 Å². The van der Waals surface area contributed by atoms with Gasteiger partial charge in [-0.25, -0.2) is 0 Å². The summed E-state index contributed by atoms with van der Waals surface area (Å²) in [5.41, 5.74) is 0. The van der Waals surface area contributed by atoms with Gasteiger partial charge in [-0.2, -0.15) is 0 Å². The summed E-state index contributed by atoms with van der Waals surface area (Å²) in [4.78, 5) is 0. The van der Waals surface area contributed by atoms with Crippen molar-refractivity contribution in [2.45, 2.75) is 169 Å². The second-order valence-corrected chi connectivity index (χ2v) is 104. The van der Waals surface area contributed by atoms with Gasteiger partial charge in [-0.3, -0.25) is 0 Å². The van der Waals surface area contributed by atoms with Gasteiger partial charge in [0.15, 0.2) is 0 Å². The largest absolute Gasteiger partial charge is 0.0743 e. The molecule has 0 aromatic rings. The van der Waals surface area contributed by atoms with Gasteiger partial charge >= 0.3 is 0 Å². The standard InChI is InChI=1S/C26H66Si7/c1-23(2,3)27(13,14)32(28(15,16)24(4,5)6)31(21,22)33(32,29(17,18)25(7,8)9)30(19,20)26(10,11)12/h1-22H3. The SMILES string of the molecule is CC(C)(C)[Si](C)(C)[Si]1([Si](C)(C)C(C)(C)C)[Si](C)(C)[Si]1([Si](C)(C)C(C)(C)C)[Si](C)(C)C(C)(C)C. The molecule has 0 aliphatic carbocycles. The highest BCUT2D eigenvalue weighted by Gasteiger charge is 3.01. The minimum atomic E-state index is -1.52. The van der Waals surface area contributed by atoms with E-state index in [1.54, 1.807) is 0 Å². The van der Waals surface area contributed by atoms with Crippen LogP contribution in [0.2, 0.25) is 85.6 Å². The molecule has 1 aliphatic heterocycles. The van der Waals surface area contributed by atoms with Crippen LogP contribution in [0.3, 0.4) is 0 Å². The lowest BCUT2D eigenvalue weighted by Crippen LogP contribution is -2.86. The van der Waals surface area contributed by atoms with Crippen molar-refractivity contribution < 1.29 is 0 Å². The van der Waals surface area contributed by atoms with Gasteiger partial charge in [-0.15, -0.1) is 0 Å². The fourth-order valence-electron chi connectivity index (χ4n) is 9.69. The summed E-state index contributed by atoms with van der Waals surface area (Å²) in [5, 5.41) is 2.05. The van der Waals surface area contributed by atoms with Gasteiger partial charge in [0.25, 0.3) is 0 Å². The van der Waals surface area contributed by atoms with Crippen molar-refractivity contribution >= 4 is 49.8 Å². The highest BCUT2D eigenvalue weighted by atomic mass is 30.7. The van der Waals surface area contributed by atoms with Gasteiger partial charge in [-0.1, -0.05) is 149 Å². The predicted octanol–water partition coefficient (Wildman–Crippen LogP) is 10.2. The first-order valence-electron chi connectivity index (χ1n) is 13.8. The fraction of sp³-hybridized carbons (Fsp3) is 1.00. The van der Waals surface area contributed by atoms with Crippen LogP contribution in [0.1, 0.15) is 83.1 Å². The third-order valence-corrected chi connectivity index (χ3v) is 237. The topological polar surface area (TPSA) is 0 Å². The van der Waals surface area contributed by atoms with E-state index < -0.39 is 49.8 Å². The van der Waals surface area contributed by atoms with Crippen LogP contribution in [0.5, 0.6) is 0 Å². The minimum Gasteiger partial charge on any atom is -0.0743 e. The van der Waals surface area contributed by atoms with E-state index in [0.717, 1.165) is 0 Å². The lowest BCUT2D eigenvalue weighted by Gasteiger charge is -2.64. The molecule has 1 saturated heterocycles. The third-order valence-electron chi connectivity index (χ3n) is 13.6. The van der Waals surface area contributed by atoms with Crippen molar-refractivity contribution in [3.63, 3.8) is 0 Å². The molecule has 1 rings (SSSR count). The summed E-state index contributed by atoms with van der Waals surface area (Å²) in [5.74, 6) is 0. The Hall–Kier alpha value is 1.52. The first-order chi connectivity index (χ1) is 13.8. The Morgan fingerprint density at radius 3 is 0.545 bits per heavy atom. The molecule has 0 N–H and O–H groups in total. The molecule has 1 fully saturated rings. The highest BCUT2D eigenvalue weighted by Crippen LogP contribution is 2.76. The molecular weight excluding hydrogens is 509 g/mol. The van der Waals surface area contributed by atoms with Crippen molar-refractivity contribution in [2.24, 2.45) is 0 Å². The van der Waals surface area contributed by atoms with Crippen LogP contribution in [0.25, 0.3) is 0 Å². The smallest absolute Gasteiger partial charge is 0.0388 e. The summed E-state index contributed by atoms with van der Waals surface area (Å²) < 4.78 is 0. The van der Waals surface area contributed by atoms with E-state index in [0.29, 0.717) is 20.2 Å². The Morgan fingerprint density at radius 1 is 0.333 bits per heavy atom.